The van der Waals surface area contributed by atoms with Gasteiger partial charge < -0.3 is 5.32 Å². The predicted octanol–water partition coefficient (Wildman–Crippen LogP) is 2.56. The van der Waals surface area contributed by atoms with Crippen LogP contribution in [0.25, 0.3) is 0 Å². The maximum Gasteiger partial charge on any atom is 0.0846 e. The largest absolute Gasteiger partial charge is 0.317 e. The number of hydrogen-bond acceptors (Lipinski definition) is 2. The summed E-state index contributed by atoms with van der Waals surface area (Å²) in [5, 5.41) is 12.7. The van der Waals surface area contributed by atoms with Crippen LogP contribution >= 0.6 is 12.4 Å². The zero-order valence-electron chi connectivity index (χ0n) is 9.49. The van der Waals surface area contributed by atoms with E-state index in [2.05, 4.69) is 42.6 Å². The average Bonchev–Trinajstić information content (AvgIpc) is 2.31. The molecule has 0 aliphatic carbocycles. The van der Waals surface area contributed by atoms with E-state index in [1.807, 2.05) is 0 Å². The Hall–Kier alpha value is -1.04. The van der Waals surface area contributed by atoms with E-state index in [9.17, 15) is 5.26 Å². The first kappa shape index (κ1) is 13.0. The van der Waals surface area contributed by atoms with E-state index >= 15 is 0 Å². The lowest BCUT2D eigenvalue weighted by atomic mass is 9.74. The van der Waals surface area contributed by atoms with E-state index in [1.54, 1.807) is 0 Å². The van der Waals surface area contributed by atoms with Crippen LogP contribution in [0.4, 0.5) is 0 Å². The second kappa shape index (κ2) is 5.34. The molecule has 1 saturated heterocycles. The van der Waals surface area contributed by atoms with Gasteiger partial charge in [0.25, 0.3) is 0 Å². The van der Waals surface area contributed by atoms with Crippen molar-refractivity contribution in [2.75, 3.05) is 13.1 Å². The summed E-state index contributed by atoms with van der Waals surface area (Å²) in [5.74, 6) is 0. The van der Waals surface area contributed by atoms with Crippen LogP contribution in [-0.4, -0.2) is 13.1 Å². The van der Waals surface area contributed by atoms with Crippen molar-refractivity contribution in [2.45, 2.75) is 25.2 Å². The molecule has 3 heteroatoms. The summed E-state index contributed by atoms with van der Waals surface area (Å²) in [5.41, 5.74) is 2.18. The molecule has 1 fully saturated rings. The Balaban J connectivity index is 0.00000128. The summed E-state index contributed by atoms with van der Waals surface area (Å²) < 4.78 is 0. The minimum Gasteiger partial charge on any atom is -0.317 e. The Morgan fingerprint density at radius 1 is 1.19 bits per heavy atom. The van der Waals surface area contributed by atoms with Gasteiger partial charge in [-0.15, -0.1) is 12.4 Å². The monoisotopic (exact) mass is 236 g/mol. The number of nitriles is 1. The minimum atomic E-state index is -0.251. The van der Waals surface area contributed by atoms with Crippen molar-refractivity contribution in [1.82, 2.24) is 5.32 Å². The Morgan fingerprint density at radius 2 is 1.75 bits per heavy atom. The second-order valence-electron chi connectivity index (χ2n) is 4.31. The lowest BCUT2D eigenvalue weighted by molar-refractivity contribution is 0.382. The van der Waals surface area contributed by atoms with Gasteiger partial charge in [-0.2, -0.15) is 5.26 Å². The minimum absolute atomic E-state index is 0. The van der Waals surface area contributed by atoms with Crippen molar-refractivity contribution in [3.05, 3.63) is 35.4 Å². The zero-order chi connectivity index (χ0) is 10.7. The zero-order valence-corrected chi connectivity index (χ0v) is 10.3. The summed E-state index contributed by atoms with van der Waals surface area (Å²) in [6, 6.07) is 10.9. The van der Waals surface area contributed by atoms with Crippen LogP contribution in [0.5, 0.6) is 0 Å². The highest BCUT2D eigenvalue weighted by molar-refractivity contribution is 5.85. The molecule has 86 valence electrons. The van der Waals surface area contributed by atoms with E-state index < -0.39 is 0 Å². The number of rotatable bonds is 1. The van der Waals surface area contributed by atoms with Gasteiger partial charge in [-0.1, -0.05) is 29.8 Å². The molecule has 1 aliphatic rings. The first-order valence-electron chi connectivity index (χ1n) is 5.46. The maximum atomic E-state index is 9.39. The summed E-state index contributed by atoms with van der Waals surface area (Å²) in [7, 11) is 0. The van der Waals surface area contributed by atoms with Crippen LogP contribution in [0, 0.1) is 18.3 Å². The molecule has 0 saturated carbocycles. The molecule has 1 heterocycles. The van der Waals surface area contributed by atoms with Crippen molar-refractivity contribution in [3.8, 4) is 6.07 Å². The van der Waals surface area contributed by atoms with Crippen LogP contribution in [0.1, 0.15) is 24.0 Å². The molecular formula is C13H17ClN2. The molecule has 0 amide bonds. The lowest BCUT2D eigenvalue weighted by Gasteiger charge is -2.31. The van der Waals surface area contributed by atoms with Gasteiger partial charge in [-0.3, -0.25) is 0 Å². The molecular weight excluding hydrogens is 220 g/mol. The first-order valence-corrected chi connectivity index (χ1v) is 5.46. The van der Waals surface area contributed by atoms with Crippen molar-refractivity contribution >= 4 is 12.4 Å². The summed E-state index contributed by atoms with van der Waals surface area (Å²) in [4.78, 5) is 0. The number of benzene rings is 1. The van der Waals surface area contributed by atoms with Crippen LogP contribution in [0.15, 0.2) is 24.3 Å². The number of aryl methyl sites for hydroxylation is 1. The topological polar surface area (TPSA) is 35.8 Å². The van der Waals surface area contributed by atoms with Gasteiger partial charge in [0.2, 0.25) is 0 Å². The Bertz CT molecular complexity index is 372. The number of halogens is 1. The summed E-state index contributed by atoms with van der Waals surface area (Å²) in [6.45, 7) is 3.97. The van der Waals surface area contributed by atoms with Gasteiger partial charge in [0.05, 0.1) is 11.5 Å². The van der Waals surface area contributed by atoms with Crippen LogP contribution in [0.3, 0.4) is 0 Å². The molecule has 16 heavy (non-hydrogen) atoms. The second-order valence-corrected chi connectivity index (χ2v) is 4.31. The fourth-order valence-corrected chi connectivity index (χ4v) is 2.19. The van der Waals surface area contributed by atoms with Crippen LogP contribution < -0.4 is 5.32 Å². The third-order valence-corrected chi connectivity index (χ3v) is 3.28. The number of nitrogens with zero attached hydrogens (tertiary/aromatic N) is 1. The molecule has 0 bridgehead atoms. The highest BCUT2D eigenvalue weighted by atomic mass is 35.5. The SMILES string of the molecule is Cc1ccc(C2(C#N)CCNCC2)cc1.Cl. The van der Waals surface area contributed by atoms with Crippen molar-refractivity contribution in [2.24, 2.45) is 0 Å². The van der Waals surface area contributed by atoms with Crippen molar-refractivity contribution in [1.29, 1.82) is 5.26 Å². The van der Waals surface area contributed by atoms with Gasteiger partial charge in [-0.05, 0) is 38.4 Å². The maximum absolute atomic E-state index is 9.39. The van der Waals surface area contributed by atoms with Crippen LogP contribution in [-0.2, 0) is 5.41 Å². The van der Waals surface area contributed by atoms with E-state index in [1.165, 1.54) is 11.1 Å². The number of nitrogens with one attached hydrogen (secondary N) is 1. The first-order chi connectivity index (χ1) is 7.27. The molecule has 0 atom stereocenters. The van der Waals surface area contributed by atoms with E-state index in [0.717, 1.165) is 25.9 Å². The molecule has 1 aliphatic heterocycles. The molecule has 0 radical (unpaired) electrons. The van der Waals surface area contributed by atoms with Crippen molar-refractivity contribution < 1.29 is 0 Å². The molecule has 1 aromatic rings. The highest BCUT2D eigenvalue weighted by Crippen LogP contribution is 2.32. The van der Waals surface area contributed by atoms with Crippen LogP contribution in [0.2, 0.25) is 0 Å². The fourth-order valence-electron chi connectivity index (χ4n) is 2.19. The third-order valence-electron chi connectivity index (χ3n) is 3.28. The lowest BCUT2D eigenvalue weighted by Crippen LogP contribution is -2.38. The quantitative estimate of drug-likeness (QED) is 0.814. The molecule has 1 aromatic carbocycles. The summed E-state index contributed by atoms with van der Waals surface area (Å²) >= 11 is 0. The number of hydrogen-bond donors (Lipinski definition) is 1. The number of piperidine rings is 1. The van der Waals surface area contributed by atoms with Gasteiger partial charge in [0.1, 0.15) is 0 Å². The van der Waals surface area contributed by atoms with Gasteiger partial charge in [0.15, 0.2) is 0 Å². The van der Waals surface area contributed by atoms with Gasteiger partial charge in [0, 0.05) is 0 Å². The predicted molar refractivity (Wildman–Crippen MR) is 67.8 cm³/mol. The Morgan fingerprint density at radius 3 is 2.25 bits per heavy atom. The molecule has 0 aromatic heterocycles. The van der Waals surface area contributed by atoms with Gasteiger partial charge in [-0.25, -0.2) is 0 Å². The molecule has 0 spiro atoms. The standard InChI is InChI=1S/C13H16N2.ClH/c1-11-2-4-12(5-3-11)13(10-14)6-8-15-9-7-13;/h2-5,15H,6-9H2,1H3;1H. The smallest absolute Gasteiger partial charge is 0.0846 e. The molecule has 1 N–H and O–H groups in total. The van der Waals surface area contributed by atoms with Crippen molar-refractivity contribution in [3.63, 3.8) is 0 Å². The average molecular weight is 237 g/mol. The highest BCUT2D eigenvalue weighted by Gasteiger charge is 2.33. The summed E-state index contributed by atoms with van der Waals surface area (Å²) in [6.07, 6.45) is 1.85. The molecule has 2 nitrogen and oxygen atoms in total. The molecule has 0 unspecified atom stereocenters. The normalized spacial score (nSPS) is 18.2. The van der Waals surface area contributed by atoms with E-state index in [4.69, 9.17) is 0 Å². The molecule has 2 rings (SSSR count). The van der Waals surface area contributed by atoms with Gasteiger partial charge >= 0.3 is 0 Å². The Labute approximate surface area is 103 Å². The Kier molecular flexibility index (Phi) is 4.35. The fraction of sp³-hybridized carbons (Fsp3) is 0.462. The van der Waals surface area contributed by atoms with E-state index in [0.29, 0.717) is 0 Å². The van der Waals surface area contributed by atoms with E-state index in [-0.39, 0.29) is 17.8 Å². The third kappa shape index (κ3) is 2.37.